The van der Waals surface area contributed by atoms with Crippen molar-refractivity contribution in [3.8, 4) is 0 Å². The highest BCUT2D eigenvalue weighted by molar-refractivity contribution is 7.89. The summed E-state index contributed by atoms with van der Waals surface area (Å²) in [4.78, 5) is 0. The van der Waals surface area contributed by atoms with Gasteiger partial charge in [0.15, 0.2) is 0 Å². The molecule has 0 saturated carbocycles. The number of rotatable bonds is 7. The highest BCUT2D eigenvalue weighted by Gasteiger charge is 2.22. The summed E-state index contributed by atoms with van der Waals surface area (Å²) >= 11 is 0. The Hall–Kier alpha value is -0.270. The first-order valence-corrected chi connectivity index (χ1v) is 5.82. The van der Waals surface area contributed by atoms with Crippen LogP contribution in [0, 0.1) is 5.92 Å². The number of sulfonamides is 1. The van der Waals surface area contributed by atoms with E-state index in [1.807, 2.05) is 0 Å². The van der Waals surface area contributed by atoms with Crippen molar-refractivity contribution in [1.29, 1.82) is 0 Å². The third-order valence-corrected chi connectivity index (χ3v) is 2.80. The summed E-state index contributed by atoms with van der Waals surface area (Å²) in [7, 11) is -4.45. The van der Waals surface area contributed by atoms with Crippen LogP contribution in [0.15, 0.2) is 0 Å². The molecule has 86 valence electrons. The fourth-order valence-corrected chi connectivity index (χ4v) is 1.37. The zero-order valence-electron chi connectivity index (χ0n) is 7.91. The van der Waals surface area contributed by atoms with Crippen LogP contribution in [-0.4, -0.2) is 32.4 Å². The van der Waals surface area contributed by atoms with Crippen molar-refractivity contribution in [2.24, 2.45) is 5.92 Å². The molecule has 14 heavy (non-hydrogen) atoms. The Morgan fingerprint density at radius 3 is 2.43 bits per heavy atom. The molecule has 0 spiro atoms. The molecule has 0 aromatic carbocycles. The third kappa shape index (κ3) is 5.46. The van der Waals surface area contributed by atoms with Gasteiger partial charge in [0.1, 0.15) is 0 Å². The van der Waals surface area contributed by atoms with Crippen LogP contribution in [0.3, 0.4) is 0 Å². The molecule has 0 aromatic heterocycles. The Morgan fingerprint density at radius 1 is 1.43 bits per heavy atom. The maximum absolute atomic E-state index is 11.8. The Kier molecular flexibility index (Phi) is 6.14. The van der Waals surface area contributed by atoms with E-state index in [0.717, 1.165) is 0 Å². The number of halogens is 2. The Labute approximate surface area is 82.4 Å². The summed E-state index contributed by atoms with van der Waals surface area (Å²) in [5.74, 6) is -3.32. The van der Waals surface area contributed by atoms with E-state index in [4.69, 9.17) is 5.11 Å². The van der Waals surface area contributed by atoms with Gasteiger partial charge in [-0.05, 0) is 18.8 Å². The average Bonchev–Trinajstić information content (AvgIpc) is 2.11. The van der Waals surface area contributed by atoms with Gasteiger partial charge in [-0.2, -0.15) is 8.78 Å². The van der Waals surface area contributed by atoms with Crippen LogP contribution in [-0.2, 0) is 10.0 Å². The molecule has 0 radical (unpaired) electrons. The Bertz CT molecular complexity index is 243. The van der Waals surface area contributed by atoms with Crippen LogP contribution < -0.4 is 4.72 Å². The summed E-state index contributed by atoms with van der Waals surface area (Å²) in [6, 6.07) is 0. The van der Waals surface area contributed by atoms with Crippen LogP contribution in [0.5, 0.6) is 0 Å². The molecule has 0 heterocycles. The molecule has 0 aliphatic heterocycles. The molecule has 0 aliphatic rings. The molecule has 4 nitrogen and oxygen atoms in total. The highest BCUT2D eigenvalue weighted by atomic mass is 32.2. The zero-order valence-corrected chi connectivity index (χ0v) is 8.73. The van der Waals surface area contributed by atoms with E-state index in [0.29, 0.717) is 12.8 Å². The van der Waals surface area contributed by atoms with Gasteiger partial charge in [-0.1, -0.05) is 6.92 Å². The standard InChI is InChI=1S/C7H15F2NO3S/c1-6(5-11)3-2-4-10-14(12,13)7(8)9/h6-7,10-11H,2-5H2,1H3. The van der Waals surface area contributed by atoms with Crippen LogP contribution in [0.1, 0.15) is 19.8 Å². The van der Waals surface area contributed by atoms with Crippen molar-refractivity contribution < 1.29 is 22.3 Å². The molecule has 0 aromatic rings. The van der Waals surface area contributed by atoms with Crippen LogP contribution in [0.2, 0.25) is 0 Å². The predicted molar refractivity (Wildman–Crippen MR) is 48.4 cm³/mol. The fourth-order valence-electron chi connectivity index (χ4n) is 0.819. The molecular formula is C7H15F2NO3S. The summed E-state index contributed by atoms with van der Waals surface area (Å²) < 4.78 is 46.4. The second kappa shape index (κ2) is 6.26. The van der Waals surface area contributed by atoms with Gasteiger partial charge in [-0.15, -0.1) is 0 Å². The molecule has 0 saturated heterocycles. The first-order valence-electron chi connectivity index (χ1n) is 4.27. The second-order valence-electron chi connectivity index (χ2n) is 3.13. The summed E-state index contributed by atoms with van der Waals surface area (Å²) in [5.41, 5.74) is 0. The van der Waals surface area contributed by atoms with Gasteiger partial charge in [0.2, 0.25) is 0 Å². The van der Waals surface area contributed by atoms with E-state index in [9.17, 15) is 17.2 Å². The first kappa shape index (κ1) is 13.7. The van der Waals surface area contributed by atoms with Crippen molar-refractivity contribution in [2.45, 2.75) is 25.5 Å². The number of hydrogen-bond acceptors (Lipinski definition) is 3. The molecule has 1 atom stereocenters. The quantitative estimate of drug-likeness (QED) is 0.628. The molecule has 0 bridgehead atoms. The lowest BCUT2D eigenvalue weighted by Crippen LogP contribution is -2.30. The Balaban J connectivity index is 3.65. The van der Waals surface area contributed by atoms with Crippen molar-refractivity contribution in [2.75, 3.05) is 13.2 Å². The normalized spacial score (nSPS) is 14.6. The summed E-state index contributed by atoms with van der Waals surface area (Å²) in [6.45, 7) is 1.79. The minimum absolute atomic E-state index is 0.0155. The van der Waals surface area contributed by atoms with Gasteiger partial charge in [0.05, 0.1) is 0 Å². The van der Waals surface area contributed by atoms with Gasteiger partial charge in [-0.3, -0.25) is 0 Å². The average molecular weight is 231 g/mol. The van der Waals surface area contributed by atoms with Gasteiger partial charge in [0.25, 0.3) is 10.0 Å². The minimum Gasteiger partial charge on any atom is -0.396 e. The third-order valence-electron chi connectivity index (χ3n) is 1.72. The van der Waals surface area contributed by atoms with E-state index >= 15 is 0 Å². The van der Waals surface area contributed by atoms with Gasteiger partial charge < -0.3 is 5.11 Å². The zero-order chi connectivity index (χ0) is 11.2. The number of aliphatic hydroxyl groups is 1. The number of nitrogens with one attached hydrogen (secondary N) is 1. The largest absolute Gasteiger partial charge is 0.396 e. The van der Waals surface area contributed by atoms with E-state index in [1.165, 1.54) is 0 Å². The molecule has 0 rings (SSSR count). The van der Waals surface area contributed by atoms with Gasteiger partial charge in [0, 0.05) is 13.2 Å². The number of alkyl halides is 2. The van der Waals surface area contributed by atoms with E-state index in [-0.39, 0.29) is 19.1 Å². The Morgan fingerprint density at radius 2 is 2.00 bits per heavy atom. The molecule has 2 N–H and O–H groups in total. The van der Waals surface area contributed by atoms with Crippen molar-refractivity contribution >= 4 is 10.0 Å². The van der Waals surface area contributed by atoms with E-state index in [2.05, 4.69) is 0 Å². The lowest BCUT2D eigenvalue weighted by atomic mass is 10.1. The number of hydrogen-bond donors (Lipinski definition) is 2. The first-order chi connectivity index (χ1) is 6.40. The monoisotopic (exact) mass is 231 g/mol. The molecule has 1 unspecified atom stereocenters. The van der Waals surface area contributed by atoms with Crippen LogP contribution in [0.4, 0.5) is 8.78 Å². The van der Waals surface area contributed by atoms with Crippen molar-refractivity contribution in [3.63, 3.8) is 0 Å². The topological polar surface area (TPSA) is 66.4 Å². The fraction of sp³-hybridized carbons (Fsp3) is 1.00. The molecule has 7 heteroatoms. The smallest absolute Gasteiger partial charge is 0.350 e. The molecule has 0 aliphatic carbocycles. The summed E-state index contributed by atoms with van der Waals surface area (Å²) in [6.07, 6.45) is 1.04. The van der Waals surface area contributed by atoms with Crippen molar-refractivity contribution in [3.05, 3.63) is 0 Å². The van der Waals surface area contributed by atoms with Crippen molar-refractivity contribution in [1.82, 2.24) is 4.72 Å². The number of aliphatic hydroxyl groups excluding tert-OH is 1. The molecular weight excluding hydrogens is 216 g/mol. The lowest BCUT2D eigenvalue weighted by molar-refractivity contribution is 0.226. The highest BCUT2D eigenvalue weighted by Crippen LogP contribution is 2.05. The van der Waals surface area contributed by atoms with E-state index in [1.54, 1.807) is 11.6 Å². The molecule has 0 fully saturated rings. The minimum atomic E-state index is -4.45. The van der Waals surface area contributed by atoms with E-state index < -0.39 is 15.8 Å². The molecule has 0 amide bonds. The lowest BCUT2D eigenvalue weighted by Gasteiger charge is -2.08. The second-order valence-corrected chi connectivity index (χ2v) is 4.87. The summed E-state index contributed by atoms with van der Waals surface area (Å²) in [5, 5.41) is 8.62. The van der Waals surface area contributed by atoms with Gasteiger partial charge >= 0.3 is 5.76 Å². The van der Waals surface area contributed by atoms with Crippen LogP contribution in [0.25, 0.3) is 0 Å². The predicted octanol–water partition coefficient (Wildman–Crippen LogP) is 0.537. The maximum Gasteiger partial charge on any atom is 0.350 e. The van der Waals surface area contributed by atoms with Crippen LogP contribution >= 0.6 is 0 Å². The van der Waals surface area contributed by atoms with Gasteiger partial charge in [-0.25, -0.2) is 13.1 Å². The maximum atomic E-state index is 11.8. The SMILES string of the molecule is CC(CO)CCCNS(=O)(=O)C(F)F.